The number of hydrogen-bond donors (Lipinski definition) is 2. The SMILES string of the molecule is CCCNC(=O)CN1CCC(NC(=O)c2cc3cc(Br)ccc3o2)CC1. The van der Waals surface area contributed by atoms with Crippen LogP contribution in [0.1, 0.15) is 36.7 Å². The molecule has 7 heteroatoms. The third-order valence-electron chi connectivity index (χ3n) is 4.56. The van der Waals surface area contributed by atoms with Crippen LogP contribution in [0, 0.1) is 0 Å². The van der Waals surface area contributed by atoms with E-state index in [-0.39, 0.29) is 17.9 Å². The van der Waals surface area contributed by atoms with Crippen molar-refractivity contribution in [3.05, 3.63) is 34.5 Å². The van der Waals surface area contributed by atoms with Crippen molar-refractivity contribution in [3.63, 3.8) is 0 Å². The number of fused-ring (bicyclic) bond motifs is 1. The van der Waals surface area contributed by atoms with Gasteiger partial charge in [-0.1, -0.05) is 22.9 Å². The summed E-state index contributed by atoms with van der Waals surface area (Å²) in [7, 11) is 0. The number of nitrogens with one attached hydrogen (secondary N) is 2. The van der Waals surface area contributed by atoms with Gasteiger partial charge in [0.25, 0.3) is 5.91 Å². The lowest BCUT2D eigenvalue weighted by Crippen LogP contribution is -2.47. The average Bonchev–Trinajstić information content (AvgIpc) is 3.05. The minimum atomic E-state index is -0.184. The van der Waals surface area contributed by atoms with Gasteiger partial charge in [-0.25, -0.2) is 0 Å². The lowest BCUT2D eigenvalue weighted by molar-refractivity contribution is -0.122. The van der Waals surface area contributed by atoms with Gasteiger partial charge in [-0.15, -0.1) is 0 Å². The van der Waals surface area contributed by atoms with Crippen LogP contribution in [-0.4, -0.2) is 48.9 Å². The van der Waals surface area contributed by atoms with Gasteiger partial charge in [-0.2, -0.15) is 0 Å². The van der Waals surface area contributed by atoms with Crippen molar-refractivity contribution in [2.75, 3.05) is 26.2 Å². The van der Waals surface area contributed by atoms with Gasteiger partial charge in [0.2, 0.25) is 5.91 Å². The predicted octanol–water partition coefficient (Wildman–Crippen LogP) is 2.92. The van der Waals surface area contributed by atoms with Crippen molar-refractivity contribution in [2.45, 2.75) is 32.2 Å². The second kappa shape index (κ2) is 8.68. The third-order valence-corrected chi connectivity index (χ3v) is 5.06. The summed E-state index contributed by atoms with van der Waals surface area (Å²) < 4.78 is 6.59. The van der Waals surface area contributed by atoms with Crippen LogP contribution in [0.2, 0.25) is 0 Å². The van der Waals surface area contributed by atoms with Gasteiger partial charge in [0, 0.05) is 35.5 Å². The molecule has 1 saturated heterocycles. The number of halogens is 1. The summed E-state index contributed by atoms with van der Waals surface area (Å²) in [4.78, 5) is 26.4. The fraction of sp³-hybridized carbons (Fsp3) is 0.474. The molecule has 0 saturated carbocycles. The number of hydrogen-bond acceptors (Lipinski definition) is 4. The van der Waals surface area contributed by atoms with Crippen LogP contribution in [0.25, 0.3) is 11.0 Å². The van der Waals surface area contributed by atoms with Gasteiger partial charge in [0.15, 0.2) is 5.76 Å². The Kier molecular flexibility index (Phi) is 6.32. The fourth-order valence-electron chi connectivity index (χ4n) is 3.14. The molecule has 26 heavy (non-hydrogen) atoms. The van der Waals surface area contributed by atoms with E-state index >= 15 is 0 Å². The Morgan fingerprint density at radius 1 is 1.27 bits per heavy atom. The predicted molar refractivity (Wildman–Crippen MR) is 104 cm³/mol. The van der Waals surface area contributed by atoms with Crippen molar-refractivity contribution >= 4 is 38.7 Å². The maximum Gasteiger partial charge on any atom is 0.287 e. The normalized spacial score (nSPS) is 15.9. The summed E-state index contributed by atoms with van der Waals surface area (Å²) in [5.41, 5.74) is 0.700. The molecule has 1 aliphatic heterocycles. The third kappa shape index (κ3) is 4.86. The topological polar surface area (TPSA) is 74.6 Å². The van der Waals surface area contributed by atoms with Gasteiger partial charge < -0.3 is 15.1 Å². The fourth-order valence-corrected chi connectivity index (χ4v) is 3.52. The molecule has 0 spiro atoms. The highest BCUT2D eigenvalue weighted by Crippen LogP contribution is 2.23. The highest BCUT2D eigenvalue weighted by Gasteiger charge is 2.23. The Balaban J connectivity index is 1.49. The molecule has 2 N–H and O–H groups in total. The van der Waals surface area contributed by atoms with Crippen molar-refractivity contribution in [2.24, 2.45) is 0 Å². The van der Waals surface area contributed by atoms with E-state index < -0.39 is 0 Å². The van der Waals surface area contributed by atoms with E-state index in [1.807, 2.05) is 25.1 Å². The van der Waals surface area contributed by atoms with Gasteiger partial charge in [-0.3, -0.25) is 14.5 Å². The zero-order valence-electron chi connectivity index (χ0n) is 14.9. The molecule has 0 aliphatic carbocycles. The quantitative estimate of drug-likeness (QED) is 0.751. The van der Waals surface area contributed by atoms with E-state index in [4.69, 9.17) is 4.42 Å². The number of carbonyl (C=O) groups excluding carboxylic acids is 2. The summed E-state index contributed by atoms with van der Waals surface area (Å²) in [6.45, 7) is 4.79. The molecule has 1 aromatic carbocycles. The molecule has 0 bridgehead atoms. The Morgan fingerprint density at radius 3 is 2.77 bits per heavy atom. The average molecular weight is 422 g/mol. The zero-order valence-corrected chi connectivity index (χ0v) is 16.5. The second-order valence-electron chi connectivity index (χ2n) is 6.67. The van der Waals surface area contributed by atoms with Crippen LogP contribution in [0.4, 0.5) is 0 Å². The lowest BCUT2D eigenvalue weighted by atomic mass is 10.0. The van der Waals surface area contributed by atoms with Crippen LogP contribution in [0.3, 0.4) is 0 Å². The van der Waals surface area contributed by atoms with Crippen molar-refractivity contribution < 1.29 is 14.0 Å². The van der Waals surface area contributed by atoms with Crippen LogP contribution >= 0.6 is 15.9 Å². The Labute approximate surface area is 161 Å². The Hall–Kier alpha value is -1.86. The van der Waals surface area contributed by atoms with E-state index in [9.17, 15) is 9.59 Å². The number of likely N-dealkylation sites (tertiary alicyclic amines) is 1. The molecule has 2 aromatic rings. The van der Waals surface area contributed by atoms with Crippen LogP contribution < -0.4 is 10.6 Å². The minimum Gasteiger partial charge on any atom is -0.451 e. The van der Waals surface area contributed by atoms with Crippen molar-refractivity contribution in [3.8, 4) is 0 Å². The molecule has 0 atom stereocenters. The molecule has 0 radical (unpaired) electrons. The first kappa shape index (κ1) is 18.9. The highest BCUT2D eigenvalue weighted by molar-refractivity contribution is 9.10. The van der Waals surface area contributed by atoms with E-state index in [2.05, 4.69) is 31.5 Å². The second-order valence-corrected chi connectivity index (χ2v) is 7.58. The zero-order chi connectivity index (χ0) is 18.5. The number of carbonyl (C=O) groups is 2. The maximum atomic E-state index is 12.5. The number of furan rings is 1. The summed E-state index contributed by atoms with van der Waals surface area (Å²) in [5.74, 6) is 0.221. The Bertz CT molecular complexity index is 781. The molecule has 1 aromatic heterocycles. The van der Waals surface area contributed by atoms with Gasteiger partial charge >= 0.3 is 0 Å². The number of benzene rings is 1. The summed E-state index contributed by atoms with van der Waals surface area (Å²) in [5, 5.41) is 6.84. The highest BCUT2D eigenvalue weighted by atomic mass is 79.9. The molecule has 1 fully saturated rings. The molecule has 1 aliphatic rings. The Morgan fingerprint density at radius 2 is 2.04 bits per heavy atom. The molecular weight excluding hydrogens is 398 g/mol. The molecule has 2 amide bonds. The van der Waals surface area contributed by atoms with Gasteiger partial charge in [0.05, 0.1) is 6.54 Å². The summed E-state index contributed by atoms with van der Waals surface area (Å²) in [6.07, 6.45) is 2.61. The summed E-state index contributed by atoms with van der Waals surface area (Å²) in [6, 6.07) is 7.54. The maximum absolute atomic E-state index is 12.5. The standard InChI is InChI=1S/C19H24BrN3O3/c1-2-7-21-18(24)12-23-8-5-15(6-9-23)22-19(25)17-11-13-10-14(20)3-4-16(13)26-17/h3-4,10-11,15H,2,5-9,12H2,1H3,(H,21,24)(H,22,25). The molecule has 140 valence electrons. The number of nitrogens with zero attached hydrogens (tertiary/aromatic N) is 1. The monoisotopic (exact) mass is 421 g/mol. The first-order valence-electron chi connectivity index (χ1n) is 9.04. The van der Waals surface area contributed by atoms with Gasteiger partial charge in [0.1, 0.15) is 5.58 Å². The van der Waals surface area contributed by atoms with Crippen LogP contribution in [-0.2, 0) is 4.79 Å². The number of rotatable bonds is 6. The molecule has 3 rings (SSSR count). The largest absolute Gasteiger partial charge is 0.451 e. The number of amides is 2. The van der Waals surface area contributed by atoms with E-state index in [0.29, 0.717) is 17.9 Å². The first-order valence-corrected chi connectivity index (χ1v) is 9.83. The first-order chi connectivity index (χ1) is 12.5. The van der Waals surface area contributed by atoms with E-state index in [0.717, 1.165) is 48.8 Å². The van der Waals surface area contributed by atoms with Crippen molar-refractivity contribution in [1.29, 1.82) is 0 Å². The molecule has 0 unspecified atom stereocenters. The molecule has 6 nitrogen and oxygen atoms in total. The van der Waals surface area contributed by atoms with E-state index in [1.165, 1.54) is 0 Å². The minimum absolute atomic E-state index is 0.0720. The smallest absolute Gasteiger partial charge is 0.287 e. The van der Waals surface area contributed by atoms with Gasteiger partial charge in [-0.05, 0) is 43.5 Å². The summed E-state index contributed by atoms with van der Waals surface area (Å²) >= 11 is 3.42. The van der Waals surface area contributed by atoms with E-state index in [1.54, 1.807) is 6.07 Å². The molecule has 2 heterocycles. The van der Waals surface area contributed by atoms with Crippen LogP contribution in [0.15, 0.2) is 33.2 Å². The van der Waals surface area contributed by atoms with Crippen molar-refractivity contribution in [1.82, 2.24) is 15.5 Å². The van der Waals surface area contributed by atoms with Crippen LogP contribution in [0.5, 0.6) is 0 Å². The number of piperidine rings is 1. The molecular formula is C19H24BrN3O3. The lowest BCUT2D eigenvalue weighted by Gasteiger charge is -2.31.